The number of hydrogen-bond donors (Lipinski definition) is 2. The van der Waals surface area contributed by atoms with Crippen LogP contribution in [0.25, 0.3) is 11.3 Å². The second-order valence-corrected chi connectivity index (χ2v) is 11.6. The standard InChI is InChI=1S/C26H22BrFN4O4S2/c1-35-22-9-7-16(14-20(22)31-38(2,33)34)32-25(24(30-26(32)37)19-5-3-4-12-29-19)23-11-10-21(36-23)17-8-6-15(28)13-18(17)27/h3-14,24-25,31H,1-2H3,(H,30,37)/t24-,25-/m0/s1. The number of rotatable bonds is 7. The van der Waals surface area contributed by atoms with Crippen molar-refractivity contribution in [3.8, 4) is 17.1 Å². The first-order chi connectivity index (χ1) is 18.1. The molecule has 38 heavy (non-hydrogen) atoms. The molecule has 0 saturated carbocycles. The lowest BCUT2D eigenvalue weighted by Gasteiger charge is -2.27. The first-order valence-electron chi connectivity index (χ1n) is 11.4. The van der Waals surface area contributed by atoms with Gasteiger partial charge in [-0.1, -0.05) is 6.07 Å². The zero-order valence-corrected chi connectivity index (χ0v) is 23.4. The number of hydrogen-bond acceptors (Lipinski definition) is 6. The average Bonchev–Trinajstić information content (AvgIpc) is 3.48. The Bertz CT molecular complexity index is 1610. The normalized spacial score (nSPS) is 17.4. The monoisotopic (exact) mass is 616 g/mol. The summed E-state index contributed by atoms with van der Waals surface area (Å²) in [6, 6.07) is 17.9. The molecule has 12 heteroatoms. The summed E-state index contributed by atoms with van der Waals surface area (Å²) in [6.07, 6.45) is 2.77. The summed E-state index contributed by atoms with van der Waals surface area (Å²) in [6.45, 7) is 0. The molecule has 0 radical (unpaired) electrons. The number of nitrogens with zero attached hydrogens (tertiary/aromatic N) is 2. The molecule has 0 unspecified atom stereocenters. The van der Waals surface area contributed by atoms with Crippen molar-refractivity contribution in [1.29, 1.82) is 0 Å². The molecule has 0 bridgehead atoms. The van der Waals surface area contributed by atoms with Crippen molar-refractivity contribution in [2.45, 2.75) is 12.1 Å². The van der Waals surface area contributed by atoms with Gasteiger partial charge in [0.2, 0.25) is 10.0 Å². The van der Waals surface area contributed by atoms with Gasteiger partial charge in [0.25, 0.3) is 0 Å². The molecule has 2 atom stereocenters. The molecular formula is C26H22BrFN4O4S2. The third-order valence-corrected chi connectivity index (χ3v) is 7.53. The molecule has 3 heterocycles. The minimum atomic E-state index is -3.57. The second kappa shape index (κ2) is 10.4. The third-order valence-electron chi connectivity index (χ3n) is 5.97. The lowest BCUT2D eigenvalue weighted by molar-refractivity contribution is 0.416. The molecule has 1 aliphatic rings. The number of halogens is 2. The summed E-state index contributed by atoms with van der Waals surface area (Å²) in [5.74, 6) is 1.11. The SMILES string of the molecule is COc1ccc(N2C(=S)N[C@@H](c3ccccn3)[C@@H]2c2ccc(-c3ccc(F)cc3Br)o2)cc1NS(C)(=O)=O. The van der Waals surface area contributed by atoms with Crippen LogP contribution in [0.15, 0.2) is 81.8 Å². The summed E-state index contributed by atoms with van der Waals surface area (Å²) >= 11 is 9.16. The van der Waals surface area contributed by atoms with Crippen LogP contribution in [-0.2, 0) is 10.0 Å². The van der Waals surface area contributed by atoms with E-state index in [0.717, 1.165) is 11.9 Å². The molecule has 0 amide bonds. The second-order valence-electron chi connectivity index (χ2n) is 8.58. The highest BCUT2D eigenvalue weighted by molar-refractivity contribution is 9.10. The van der Waals surface area contributed by atoms with Gasteiger partial charge in [0, 0.05) is 21.9 Å². The number of pyridine rings is 1. The maximum absolute atomic E-state index is 13.7. The van der Waals surface area contributed by atoms with Crippen molar-refractivity contribution in [3.05, 3.63) is 94.7 Å². The number of anilines is 2. The van der Waals surface area contributed by atoms with Gasteiger partial charge in [0.05, 0.1) is 30.8 Å². The van der Waals surface area contributed by atoms with Gasteiger partial charge < -0.3 is 19.4 Å². The van der Waals surface area contributed by atoms with E-state index in [0.29, 0.717) is 38.1 Å². The zero-order chi connectivity index (χ0) is 27.0. The number of sulfonamides is 1. The fourth-order valence-corrected chi connectivity index (χ4v) is 5.84. The van der Waals surface area contributed by atoms with Crippen molar-refractivity contribution < 1.29 is 22.0 Å². The van der Waals surface area contributed by atoms with Gasteiger partial charge >= 0.3 is 0 Å². The number of furan rings is 1. The van der Waals surface area contributed by atoms with Crippen molar-refractivity contribution in [1.82, 2.24) is 10.3 Å². The predicted octanol–water partition coefficient (Wildman–Crippen LogP) is 5.80. The summed E-state index contributed by atoms with van der Waals surface area (Å²) < 4.78 is 52.4. The zero-order valence-electron chi connectivity index (χ0n) is 20.2. The molecule has 196 valence electrons. The van der Waals surface area contributed by atoms with Gasteiger partial charge in [-0.2, -0.15) is 0 Å². The highest BCUT2D eigenvalue weighted by atomic mass is 79.9. The van der Waals surface area contributed by atoms with Crippen LogP contribution in [0.3, 0.4) is 0 Å². The van der Waals surface area contributed by atoms with Crippen LogP contribution in [0, 0.1) is 5.82 Å². The number of ether oxygens (including phenoxy) is 1. The van der Waals surface area contributed by atoms with Crippen LogP contribution in [-0.4, -0.2) is 31.9 Å². The summed E-state index contributed by atoms with van der Waals surface area (Å²) in [5, 5.41) is 3.74. The first-order valence-corrected chi connectivity index (χ1v) is 14.5. The Labute approximate surface area is 233 Å². The maximum atomic E-state index is 13.7. The fraction of sp³-hybridized carbons (Fsp3) is 0.154. The van der Waals surface area contributed by atoms with Crippen LogP contribution >= 0.6 is 28.1 Å². The minimum Gasteiger partial charge on any atom is -0.495 e. The number of nitrogens with one attached hydrogen (secondary N) is 2. The summed E-state index contributed by atoms with van der Waals surface area (Å²) in [4.78, 5) is 6.38. The molecule has 2 N–H and O–H groups in total. The highest BCUT2D eigenvalue weighted by Crippen LogP contribution is 2.44. The van der Waals surface area contributed by atoms with E-state index in [-0.39, 0.29) is 17.5 Å². The Morgan fingerprint density at radius 2 is 1.97 bits per heavy atom. The van der Waals surface area contributed by atoms with Gasteiger partial charge in [-0.3, -0.25) is 9.71 Å². The molecule has 0 aliphatic carbocycles. The Kier molecular flexibility index (Phi) is 7.12. The van der Waals surface area contributed by atoms with Gasteiger partial charge in [-0.05, 0) is 88.8 Å². The van der Waals surface area contributed by atoms with E-state index in [4.69, 9.17) is 21.4 Å². The highest BCUT2D eigenvalue weighted by Gasteiger charge is 2.43. The largest absolute Gasteiger partial charge is 0.495 e. The molecule has 8 nitrogen and oxygen atoms in total. The quantitative estimate of drug-likeness (QED) is 0.251. The number of benzene rings is 2. The Morgan fingerprint density at radius 1 is 1.16 bits per heavy atom. The van der Waals surface area contributed by atoms with E-state index in [1.165, 1.54) is 19.2 Å². The summed E-state index contributed by atoms with van der Waals surface area (Å²) in [7, 11) is -2.11. The van der Waals surface area contributed by atoms with E-state index in [9.17, 15) is 12.8 Å². The number of thiocarbonyl (C=S) groups is 1. The fourth-order valence-electron chi connectivity index (χ4n) is 4.39. The summed E-state index contributed by atoms with van der Waals surface area (Å²) in [5.41, 5.74) is 2.31. The molecule has 5 rings (SSSR count). The van der Waals surface area contributed by atoms with Gasteiger partial charge in [0.1, 0.15) is 29.1 Å². The van der Waals surface area contributed by atoms with Gasteiger partial charge in [-0.15, -0.1) is 0 Å². The smallest absolute Gasteiger partial charge is 0.229 e. The van der Waals surface area contributed by atoms with Crippen molar-refractivity contribution >= 4 is 54.7 Å². The lowest BCUT2D eigenvalue weighted by atomic mass is 10.0. The van der Waals surface area contributed by atoms with E-state index in [1.807, 2.05) is 35.2 Å². The van der Waals surface area contributed by atoms with Crippen LogP contribution in [0.5, 0.6) is 5.75 Å². The molecule has 1 aliphatic heterocycles. The van der Waals surface area contributed by atoms with Gasteiger partial charge in [-0.25, -0.2) is 12.8 Å². The van der Waals surface area contributed by atoms with Crippen LogP contribution < -0.4 is 19.7 Å². The van der Waals surface area contributed by atoms with E-state index >= 15 is 0 Å². The Morgan fingerprint density at radius 3 is 2.66 bits per heavy atom. The molecule has 2 aromatic heterocycles. The number of aromatic nitrogens is 1. The van der Waals surface area contributed by atoms with E-state index in [2.05, 4.69) is 31.0 Å². The van der Waals surface area contributed by atoms with Crippen LogP contribution in [0.1, 0.15) is 23.5 Å². The number of methoxy groups -OCH3 is 1. The minimum absolute atomic E-state index is 0.269. The van der Waals surface area contributed by atoms with Crippen molar-refractivity contribution in [3.63, 3.8) is 0 Å². The Balaban J connectivity index is 1.62. The Hall–Kier alpha value is -3.48. The van der Waals surface area contributed by atoms with Gasteiger partial charge in [0.15, 0.2) is 5.11 Å². The molecule has 1 fully saturated rings. The predicted molar refractivity (Wildman–Crippen MR) is 151 cm³/mol. The molecule has 2 aromatic carbocycles. The van der Waals surface area contributed by atoms with Crippen LogP contribution in [0.4, 0.5) is 15.8 Å². The van der Waals surface area contributed by atoms with Crippen molar-refractivity contribution in [2.24, 2.45) is 0 Å². The molecular weight excluding hydrogens is 595 g/mol. The van der Waals surface area contributed by atoms with Crippen molar-refractivity contribution in [2.75, 3.05) is 23.0 Å². The topological polar surface area (TPSA) is 96.7 Å². The van der Waals surface area contributed by atoms with E-state index < -0.39 is 16.1 Å². The van der Waals surface area contributed by atoms with E-state index in [1.54, 1.807) is 30.5 Å². The maximum Gasteiger partial charge on any atom is 0.229 e. The average molecular weight is 618 g/mol. The molecule has 4 aromatic rings. The molecule has 1 saturated heterocycles. The first kappa shape index (κ1) is 26.1. The van der Waals surface area contributed by atoms with Crippen LogP contribution in [0.2, 0.25) is 0 Å². The third kappa shape index (κ3) is 5.24. The molecule has 0 spiro atoms. The lowest BCUT2D eigenvalue weighted by Crippen LogP contribution is -2.29.